The lowest BCUT2D eigenvalue weighted by atomic mass is 10.2. The summed E-state index contributed by atoms with van der Waals surface area (Å²) in [7, 11) is 1.81. The predicted molar refractivity (Wildman–Crippen MR) is 92.7 cm³/mol. The maximum absolute atomic E-state index is 14.3. The summed E-state index contributed by atoms with van der Waals surface area (Å²) in [6.07, 6.45) is 4.08. The first-order valence-electron chi connectivity index (χ1n) is 8.07. The Hall–Kier alpha value is -2.57. The number of amides is 1. The Morgan fingerprint density at radius 3 is 2.83 bits per heavy atom. The minimum absolute atomic E-state index is 0.0678. The van der Waals surface area contributed by atoms with E-state index in [0.717, 1.165) is 5.69 Å². The smallest absolute Gasteiger partial charge is 0.249 e. The maximum Gasteiger partial charge on any atom is 0.249 e. The number of carbonyl (C=O) groups is 1. The van der Waals surface area contributed by atoms with Gasteiger partial charge >= 0.3 is 0 Å². The minimum Gasteiger partial charge on any atom is -0.381 e. The Labute approximate surface area is 140 Å². The SMILES string of the molecule is CC(C)Nc1cccc(F)c1N[C@@H]1CCN(c2cnn(C)c2)C1=O. The Kier molecular flexibility index (Phi) is 4.42. The van der Waals surface area contributed by atoms with Crippen LogP contribution in [0.25, 0.3) is 0 Å². The number of nitrogens with zero attached hydrogens (tertiary/aromatic N) is 3. The number of para-hydroxylation sites is 1. The molecule has 1 amide bonds. The van der Waals surface area contributed by atoms with Crippen LogP contribution in [-0.4, -0.2) is 34.3 Å². The zero-order valence-electron chi connectivity index (χ0n) is 14.1. The number of hydrogen-bond donors (Lipinski definition) is 2. The highest BCUT2D eigenvalue weighted by Gasteiger charge is 2.34. The fourth-order valence-corrected chi connectivity index (χ4v) is 2.89. The van der Waals surface area contributed by atoms with Gasteiger partial charge in [0, 0.05) is 25.8 Å². The molecule has 6 nitrogen and oxygen atoms in total. The Bertz CT molecular complexity index is 742. The van der Waals surface area contributed by atoms with E-state index in [1.165, 1.54) is 6.07 Å². The molecule has 0 unspecified atom stereocenters. The number of hydrogen-bond acceptors (Lipinski definition) is 4. The summed E-state index contributed by atoms with van der Waals surface area (Å²) >= 11 is 0. The van der Waals surface area contributed by atoms with Crippen LogP contribution < -0.4 is 15.5 Å². The van der Waals surface area contributed by atoms with E-state index in [1.807, 2.05) is 27.0 Å². The summed E-state index contributed by atoms with van der Waals surface area (Å²) in [5, 5.41) is 10.4. The third-order valence-electron chi connectivity index (χ3n) is 3.98. The van der Waals surface area contributed by atoms with Gasteiger partial charge in [-0.25, -0.2) is 4.39 Å². The Morgan fingerprint density at radius 1 is 1.38 bits per heavy atom. The van der Waals surface area contributed by atoms with Crippen LogP contribution in [0.4, 0.5) is 21.5 Å². The molecule has 0 aliphatic carbocycles. The van der Waals surface area contributed by atoms with Crippen LogP contribution >= 0.6 is 0 Å². The summed E-state index contributed by atoms with van der Waals surface area (Å²) in [5.41, 5.74) is 1.77. The van der Waals surface area contributed by atoms with Crippen molar-refractivity contribution >= 4 is 23.0 Å². The van der Waals surface area contributed by atoms with E-state index < -0.39 is 6.04 Å². The molecule has 1 aliphatic heterocycles. The number of aromatic nitrogens is 2. The molecule has 1 aromatic heterocycles. The third-order valence-corrected chi connectivity index (χ3v) is 3.98. The second-order valence-corrected chi connectivity index (χ2v) is 6.31. The number of rotatable bonds is 5. The van der Waals surface area contributed by atoms with Crippen molar-refractivity contribution in [2.45, 2.75) is 32.4 Å². The van der Waals surface area contributed by atoms with E-state index in [1.54, 1.807) is 28.0 Å². The summed E-state index contributed by atoms with van der Waals surface area (Å²) < 4.78 is 15.9. The average molecular weight is 331 g/mol. The number of anilines is 3. The normalized spacial score (nSPS) is 17.6. The highest BCUT2D eigenvalue weighted by molar-refractivity contribution is 6.01. The van der Waals surface area contributed by atoms with Crippen LogP contribution in [-0.2, 0) is 11.8 Å². The molecular weight excluding hydrogens is 309 g/mol. The van der Waals surface area contributed by atoms with E-state index in [0.29, 0.717) is 24.3 Å². The van der Waals surface area contributed by atoms with Crippen molar-refractivity contribution in [3.8, 4) is 0 Å². The van der Waals surface area contributed by atoms with Crippen molar-refractivity contribution in [2.24, 2.45) is 7.05 Å². The van der Waals surface area contributed by atoms with E-state index in [-0.39, 0.29) is 17.8 Å². The zero-order chi connectivity index (χ0) is 17.3. The first-order chi connectivity index (χ1) is 11.5. The van der Waals surface area contributed by atoms with Crippen LogP contribution in [0.3, 0.4) is 0 Å². The molecule has 128 valence electrons. The van der Waals surface area contributed by atoms with Crippen molar-refractivity contribution in [1.82, 2.24) is 9.78 Å². The van der Waals surface area contributed by atoms with Gasteiger partial charge in [-0.3, -0.25) is 9.48 Å². The summed E-state index contributed by atoms with van der Waals surface area (Å²) in [6, 6.07) is 4.58. The zero-order valence-corrected chi connectivity index (χ0v) is 14.1. The van der Waals surface area contributed by atoms with Crippen molar-refractivity contribution in [3.63, 3.8) is 0 Å². The van der Waals surface area contributed by atoms with Gasteiger partial charge in [0.25, 0.3) is 0 Å². The molecule has 3 rings (SSSR count). The number of carbonyl (C=O) groups excluding carboxylic acids is 1. The van der Waals surface area contributed by atoms with Crippen LogP contribution in [0.2, 0.25) is 0 Å². The van der Waals surface area contributed by atoms with Crippen molar-refractivity contribution in [3.05, 3.63) is 36.4 Å². The lowest BCUT2D eigenvalue weighted by Crippen LogP contribution is -2.33. The molecule has 1 aromatic carbocycles. The van der Waals surface area contributed by atoms with Gasteiger partial charge in [0.05, 0.1) is 23.3 Å². The fourth-order valence-electron chi connectivity index (χ4n) is 2.89. The number of nitrogens with one attached hydrogen (secondary N) is 2. The van der Waals surface area contributed by atoms with Gasteiger partial charge < -0.3 is 15.5 Å². The van der Waals surface area contributed by atoms with Gasteiger partial charge in [-0.05, 0) is 32.4 Å². The third kappa shape index (κ3) is 3.20. The van der Waals surface area contributed by atoms with Gasteiger partial charge in [-0.15, -0.1) is 0 Å². The first kappa shape index (κ1) is 16.3. The lowest BCUT2D eigenvalue weighted by molar-refractivity contribution is -0.117. The van der Waals surface area contributed by atoms with Crippen molar-refractivity contribution in [1.29, 1.82) is 0 Å². The molecule has 1 atom stereocenters. The van der Waals surface area contributed by atoms with Gasteiger partial charge in [-0.2, -0.15) is 5.10 Å². The van der Waals surface area contributed by atoms with Gasteiger partial charge in [0.2, 0.25) is 5.91 Å². The molecule has 7 heteroatoms. The van der Waals surface area contributed by atoms with Crippen LogP contribution in [0.15, 0.2) is 30.6 Å². The van der Waals surface area contributed by atoms with Crippen LogP contribution in [0.5, 0.6) is 0 Å². The summed E-state index contributed by atoms with van der Waals surface area (Å²) in [5.74, 6) is -0.435. The lowest BCUT2D eigenvalue weighted by Gasteiger charge is -2.20. The molecule has 2 N–H and O–H groups in total. The topological polar surface area (TPSA) is 62.2 Å². The van der Waals surface area contributed by atoms with Gasteiger partial charge in [0.1, 0.15) is 11.9 Å². The molecule has 0 bridgehead atoms. The molecule has 24 heavy (non-hydrogen) atoms. The van der Waals surface area contributed by atoms with Crippen molar-refractivity contribution < 1.29 is 9.18 Å². The second-order valence-electron chi connectivity index (χ2n) is 6.31. The molecule has 0 radical (unpaired) electrons. The molecule has 0 spiro atoms. The highest BCUT2D eigenvalue weighted by atomic mass is 19.1. The van der Waals surface area contributed by atoms with Crippen molar-refractivity contribution in [2.75, 3.05) is 22.1 Å². The maximum atomic E-state index is 14.3. The van der Waals surface area contributed by atoms with E-state index in [4.69, 9.17) is 0 Å². The molecule has 2 aromatic rings. The first-order valence-corrected chi connectivity index (χ1v) is 8.07. The van der Waals surface area contributed by atoms with Gasteiger partial charge in [0.15, 0.2) is 0 Å². The molecule has 1 fully saturated rings. The van der Waals surface area contributed by atoms with Gasteiger partial charge in [-0.1, -0.05) is 6.07 Å². The Balaban J connectivity index is 1.79. The summed E-state index contributed by atoms with van der Waals surface area (Å²) in [6.45, 7) is 4.56. The fraction of sp³-hybridized carbons (Fsp3) is 0.412. The quantitative estimate of drug-likeness (QED) is 0.884. The minimum atomic E-state index is -0.449. The average Bonchev–Trinajstić information content (AvgIpc) is 3.09. The predicted octanol–water partition coefficient (Wildman–Crippen LogP) is 2.60. The van der Waals surface area contributed by atoms with E-state index in [9.17, 15) is 9.18 Å². The second kappa shape index (κ2) is 6.51. The van der Waals surface area contributed by atoms with E-state index in [2.05, 4.69) is 15.7 Å². The number of halogens is 1. The summed E-state index contributed by atoms with van der Waals surface area (Å²) in [4.78, 5) is 14.3. The number of benzene rings is 1. The molecule has 1 saturated heterocycles. The van der Waals surface area contributed by atoms with Crippen LogP contribution in [0, 0.1) is 5.82 Å². The van der Waals surface area contributed by atoms with Crippen LogP contribution in [0.1, 0.15) is 20.3 Å². The Morgan fingerprint density at radius 2 is 2.17 bits per heavy atom. The van der Waals surface area contributed by atoms with E-state index >= 15 is 0 Å². The molecule has 2 heterocycles. The largest absolute Gasteiger partial charge is 0.381 e. The number of aryl methyl sites for hydroxylation is 1. The highest BCUT2D eigenvalue weighted by Crippen LogP contribution is 2.29. The monoisotopic (exact) mass is 331 g/mol. The standard InChI is InChI=1S/C17H22FN5O/c1-11(2)20-14-6-4-5-13(18)16(14)21-15-7-8-23(17(15)24)12-9-19-22(3)10-12/h4-6,9-11,15,20-21H,7-8H2,1-3H3/t15-/m1/s1. The molecule has 0 saturated carbocycles. The molecule has 1 aliphatic rings. The molecular formula is C17H22FN5O.